The van der Waals surface area contributed by atoms with Crippen LogP contribution in [0, 0.1) is 5.82 Å². The Morgan fingerprint density at radius 1 is 1.29 bits per heavy atom. The van der Waals surface area contributed by atoms with Crippen LogP contribution in [0.15, 0.2) is 35.0 Å². The average molecular weight is 429 g/mol. The lowest BCUT2D eigenvalue weighted by atomic mass is 10.2. The minimum atomic E-state index is -4.15. The van der Waals surface area contributed by atoms with Gasteiger partial charge in [-0.2, -0.15) is 24.1 Å². The third kappa shape index (κ3) is 4.65. The third-order valence-corrected chi connectivity index (χ3v) is 6.01. The van der Waals surface area contributed by atoms with E-state index < -0.39 is 39.8 Å². The van der Waals surface area contributed by atoms with Crippen LogP contribution < -0.4 is 10.0 Å². The number of halogens is 1. The normalized spacial score (nSPS) is 17.8. The Hall–Kier alpha value is -2.54. The molecular weight excluding hydrogens is 413 g/mol. The first kappa shape index (κ1) is 20.2. The van der Waals surface area contributed by atoms with Crippen molar-refractivity contribution < 1.29 is 32.2 Å². The van der Waals surface area contributed by atoms with Gasteiger partial charge in [-0.05, 0) is 23.6 Å². The van der Waals surface area contributed by atoms with Gasteiger partial charge >= 0.3 is 10.2 Å². The number of carbonyl (C=O) groups is 2. The monoisotopic (exact) mass is 429 g/mol. The maximum absolute atomic E-state index is 13.0. The molecule has 1 saturated heterocycles. The summed E-state index contributed by atoms with van der Waals surface area (Å²) in [5.41, 5.74) is 0.0363. The fourth-order valence-electron chi connectivity index (χ4n) is 2.49. The van der Waals surface area contributed by atoms with Gasteiger partial charge < -0.3 is 15.2 Å². The van der Waals surface area contributed by atoms with E-state index in [1.807, 2.05) is 4.72 Å². The molecule has 1 fully saturated rings. The van der Waals surface area contributed by atoms with E-state index in [4.69, 9.17) is 4.74 Å². The molecule has 2 amide bonds. The van der Waals surface area contributed by atoms with Crippen LogP contribution in [0.1, 0.15) is 20.7 Å². The van der Waals surface area contributed by atoms with Gasteiger partial charge in [0.15, 0.2) is 0 Å². The lowest BCUT2D eigenvalue weighted by Crippen LogP contribution is -2.55. The first-order valence-electron chi connectivity index (χ1n) is 8.01. The summed E-state index contributed by atoms with van der Waals surface area (Å²) in [5.74, 6) is -2.78. The largest absolute Gasteiger partial charge is 0.507 e. The summed E-state index contributed by atoms with van der Waals surface area (Å²) in [7, 11) is -4.15. The number of aromatic hydroxyl groups is 1. The van der Waals surface area contributed by atoms with E-state index in [0.717, 1.165) is 22.5 Å². The third-order valence-electron chi connectivity index (χ3n) is 3.87. The number of phenolic OH excluding ortho intramolecular Hbond substituents is 1. The second-order valence-corrected chi connectivity index (χ2v) is 8.25. The van der Waals surface area contributed by atoms with Crippen LogP contribution >= 0.6 is 11.3 Å². The molecule has 1 aliphatic heterocycles. The van der Waals surface area contributed by atoms with Gasteiger partial charge in [0.1, 0.15) is 17.8 Å². The SMILES string of the molecule is O=C(NS(=O)(=O)N1CCOC(NC(=O)c2ccc(F)cc2O)C1)c1ccsc1. The molecule has 1 aliphatic rings. The number of morpholine rings is 1. The molecule has 12 heteroatoms. The van der Waals surface area contributed by atoms with Gasteiger partial charge in [-0.3, -0.25) is 9.59 Å². The Morgan fingerprint density at radius 2 is 2.07 bits per heavy atom. The zero-order valence-electron chi connectivity index (χ0n) is 14.3. The van der Waals surface area contributed by atoms with Crippen molar-refractivity contribution in [3.05, 3.63) is 52.0 Å². The van der Waals surface area contributed by atoms with Gasteiger partial charge in [0, 0.05) is 18.0 Å². The van der Waals surface area contributed by atoms with Crippen molar-refractivity contribution in [3.63, 3.8) is 0 Å². The van der Waals surface area contributed by atoms with Crippen molar-refractivity contribution in [1.29, 1.82) is 0 Å². The topological polar surface area (TPSA) is 125 Å². The molecule has 150 valence electrons. The molecule has 0 aliphatic carbocycles. The molecule has 1 aromatic carbocycles. The van der Waals surface area contributed by atoms with Crippen LogP contribution in [0.25, 0.3) is 0 Å². The number of nitrogens with one attached hydrogen (secondary N) is 2. The summed E-state index contributed by atoms with van der Waals surface area (Å²) in [6.07, 6.45) is -1.02. The van der Waals surface area contributed by atoms with E-state index in [9.17, 15) is 27.5 Å². The minimum Gasteiger partial charge on any atom is -0.507 e. The van der Waals surface area contributed by atoms with Crippen LogP contribution in [0.5, 0.6) is 5.75 Å². The Kier molecular flexibility index (Phi) is 5.93. The standard InChI is InChI=1S/C16H16FN3O6S2/c17-11-1-2-12(13(21)7-11)16(23)18-14-8-20(4-5-26-14)28(24,25)19-15(22)10-3-6-27-9-10/h1-3,6-7,9,14,21H,4-5,8H2,(H,18,23)(H,19,22). The minimum absolute atomic E-state index is 0.0135. The molecule has 3 N–H and O–H groups in total. The van der Waals surface area contributed by atoms with Gasteiger partial charge in [0.05, 0.1) is 24.3 Å². The fraction of sp³-hybridized carbons (Fsp3) is 0.250. The number of hydrogen-bond acceptors (Lipinski definition) is 7. The van der Waals surface area contributed by atoms with Crippen molar-refractivity contribution in [2.45, 2.75) is 6.23 Å². The fourth-order valence-corrected chi connectivity index (χ4v) is 4.25. The van der Waals surface area contributed by atoms with Gasteiger partial charge in [-0.15, -0.1) is 0 Å². The van der Waals surface area contributed by atoms with E-state index in [2.05, 4.69) is 5.32 Å². The van der Waals surface area contributed by atoms with Gasteiger partial charge in [-0.25, -0.2) is 9.11 Å². The lowest BCUT2D eigenvalue weighted by molar-refractivity contribution is -0.0175. The molecule has 1 atom stereocenters. The number of amides is 2. The summed E-state index contributed by atoms with van der Waals surface area (Å²) in [6, 6.07) is 4.38. The molecular formula is C16H16FN3O6S2. The Morgan fingerprint density at radius 3 is 2.75 bits per heavy atom. The molecule has 28 heavy (non-hydrogen) atoms. The Balaban J connectivity index is 1.64. The smallest absolute Gasteiger partial charge is 0.304 e. The zero-order chi connectivity index (χ0) is 20.3. The van der Waals surface area contributed by atoms with Crippen LogP contribution in [0.3, 0.4) is 0 Å². The molecule has 3 rings (SSSR count). The van der Waals surface area contributed by atoms with Crippen LogP contribution in [-0.2, 0) is 14.9 Å². The van der Waals surface area contributed by atoms with Gasteiger partial charge in [0.2, 0.25) is 0 Å². The zero-order valence-corrected chi connectivity index (χ0v) is 15.9. The van der Waals surface area contributed by atoms with Gasteiger partial charge in [-0.1, -0.05) is 0 Å². The van der Waals surface area contributed by atoms with E-state index in [-0.39, 0.29) is 30.8 Å². The number of carbonyl (C=O) groups excluding carboxylic acids is 2. The molecule has 0 bridgehead atoms. The summed E-state index contributed by atoms with van der Waals surface area (Å²) in [6.45, 7) is -0.283. The molecule has 1 aromatic heterocycles. The highest BCUT2D eigenvalue weighted by atomic mass is 32.2. The predicted octanol–water partition coefficient (Wildman–Crippen LogP) is 0.656. The summed E-state index contributed by atoms with van der Waals surface area (Å²) >= 11 is 1.26. The van der Waals surface area contributed by atoms with Crippen LogP contribution in [0.4, 0.5) is 4.39 Å². The second kappa shape index (κ2) is 8.22. The molecule has 9 nitrogen and oxygen atoms in total. The Labute approximate surface area is 163 Å². The van der Waals surface area contributed by atoms with Crippen molar-refractivity contribution >= 4 is 33.4 Å². The molecule has 1 unspecified atom stereocenters. The highest BCUT2D eigenvalue weighted by Crippen LogP contribution is 2.18. The molecule has 2 heterocycles. The average Bonchev–Trinajstić information content (AvgIpc) is 3.16. The summed E-state index contributed by atoms with van der Waals surface area (Å²) in [4.78, 5) is 24.2. The number of nitrogens with zero attached hydrogens (tertiary/aromatic N) is 1. The molecule has 0 spiro atoms. The van der Waals surface area contributed by atoms with Crippen LogP contribution in [-0.4, -0.2) is 55.6 Å². The van der Waals surface area contributed by atoms with E-state index in [0.29, 0.717) is 0 Å². The highest BCUT2D eigenvalue weighted by Gasteiger charge is 2.32. The molecule has 0 saturated carbocycles. The lowest BCUT2D eigenvalue weighted by Gasteiger charge is -2.32. The number of benzene rings is 1. The van der Waals surface area contributed by atoms with E-state index in [1.54, 1.807) is 5.38 Å². The predicted molar refractivity (Wildman–Crippen MR) is 97.5 cm³/mol. The quantitative estimate of drug-likeness (QED) is 0.641. The number of ether oxygens (including phenoxy) is 1. The summed E-state index contributed by atoms with van der Waals surface area (Å²) in [5, 5.41) is 15.2. The van der Waals surface area contributed by atoms with Crippen molar-refractivity contribution in [2.75, 3.05) is 19.7 Å². The molecule has 0 radical (unpaired) electrons. The van der Waals surface area contributed by atoms with Gasteiger partial charge in [0.25, 0.3) is 11.8 Å². The van der Waals surface area contributed by atoms with E-state index >= 15 is 0 Å². The number of thiophene rings is 1. The summed E-state index contributed by atoms with van der Waals surface area (Å²) < 4.78 is 46.2. The Bertz CT molecular complexity index is 980. The van der Waals surface area contributed by atoms with Crippen molar-refractivity contribution in [2.24, 2.45) is 0 Å². The van der Waals surface area contributed by atoms with Crippen LogP contribution in [0.2, 0.25) is 0 Å². The van der Waals surface area contributed by atoms with E-state index in [1.165, 1.54) is 22.8 Å². The number of rotatable bonds is 5. The highest BCUT2D eigenvalue weighted by molar-refractivity contribution is 7.87. The molecule has 2 aromatic rings. The second-order valence-electron chi connectivity index (χ2n) is 5.80. The first-order chi connectivity index (χ1) is 13.3. The first-order valence-corrected chi connectivity index (χ1v) is 10.4. The maximum Gasteiger partial charge on any atom is 0.304 e. The van der Waals surface area contributed by atoms with Crippen molar-refractivity contribution in [1.82, 2.24) is 14.3 Å². The maximum atomic E-state index is 13.0. The van der Waals surface area contributed by atoms with Crippen molar-refractivity contribution in [3.8, 4) is 5.75 Å². The number of hydrogen-bond donors (Lipinski definition) is 3. The number of phenols is 1.